The lowest BCUT2D eigenvalue weighted by Gasteiger charge is -2.14. The molecule has 1 rings (SSSR count). The molecule has 0 saturated carbocycles. The van der Waals surface area contributed by atoms with Crippen LogP contribution in [0.2, 0.25) is 0 Å². The molecule has 0 amide bonds. The molecule has 94 valence electrons. The van der Waals surface area contributed by atoms with Crippen molar-refractivity contribution in [1.29, 1.82) is 0 Å². The number of rotatable bonds is 6. The topological polar surface area (TPSA) is 79.9 Å². The van der Waals surface area contributed by atoms with Crippen molar-refractivity contribution in [3.8, 4) is 5.75 Å². The number of nitrogens with two attached hydrogens (primary N) is 1. The summed E-state index contributed by atoms with van der Waals surface area (Å²) in [5.41, 5.74) is 6.55. The molecule has 1 aromatic rings. The third-order valence-corrected chi connectivity index (χ3v) is 2.58. The summed E-state index contributed by atoms with van der Waals surface area (Å²) in [4.78, 5) is 0. The molecule has 0 aliphatic heterocycles. The number of hydrogen-bond donors (Lipinski definition) is 3. The van der Waals surface area contributed by atoms with E-state index in [1.807, 2.05) is 24.3 Å². The lowest BCUT2D eigenvalue weighted by atomic mass is 10.1. The number of methoxy groups -OCH3 is 1. The zero-order chi connectivity index (χ0) is 12.7. The van der Waals surface area contributed by atoms with Gasteiger partial charge in [0.2, 0.25) is 0 Å². The fraction of sp³-hybridized carbons (Fsp3) is 0.417. The van der Waals surface area contributed by atoms with E-state index in [4.69, 9.17) is 15.7 Å². The molecule has 0 aromatic heterocycles. The minimum absolute atomic E-state index is 0.215. The van der Waals surface area contributed by atoms with Crippen LogP contribution in [0.3, 0.4) is 0 Å². The Hall–Kier alpha value is -1.75. The van der Waals surface area contributed by atoms with Crippen molar-refractivity contribution in [2.24, 2.45) is 10.9 Å². The molecule has 0 aliphatic carbocycles. The molecule has 1 atom stereocenters. The first-order valence-corrected chi connectivity index (χ1v) is 5.51. The lowest BCUT2D eigenvalue weighted by molar-refractivity contribution is 0.316. The van der Waals surface area contributed by atoms with Gasteiger partial charge in [0, 0.05) is 19.0 Å². The van der Waals surface area contributed by atoms with Crippen molar-refractivity contribution in [2.75, 3.05) is 13.7 Å². The molecule has 17 heavy (non-hydrogen) atoms. The molecule has 0 spiro atoms. The zero-order valence-corrected chi connectivity index (χ0v) is 10.2. The first-order chi connectivity index (χ1) is 8.17. The Morgan fingerprint density at radius 1 is 1.47 bits per heavy atom. The van der Waals surface area contributed by atoms with E-state index in [0.717, 1.165) is 5.75 Å². The van der Waals surface area contributed by atoms with Gasteiger partial charge in [-0.15, -0.1) is 0 Å². The molecule has 0 heterocycles. The van der Waals surface area contributed by atoms with Crippen LogP contribution in [0.15, 0.2) is 29.4 Å². The van der Waals surface area contributed by atoms with Crippen LogP contribution in [0.1, 0.15) is 24.9 Å². The Labute approximate surface area is 101 Å². The molecule has 0 unspecified atom stereocenters. The summed E-state index contributed by atoms with van der Waals surface area (Å²) in [6, 6.07) is 8.10. The highest BCUT2D eigenvalue weighted by Crippen LogP contribution is 2.16. The van der Waals surface area contributed by atoms with Crippen LogP contribution in [0.5, 0.6) is 5.75 Å². The van der Waals surface area contributed by atoms with Crippen LogP contribution in [0.4, 0.5) is 0 Å². The van der Waals surface area contributed by atoms with Crippen LogP contribution in [0.25, 0.3) is 0 Å². The van der Waals surface area contributed by atoms with Gasteiger partial charge in [0.25, 0.3) is 0 Å². The maximum atomic E-state index is 8.40. The number of benzene rings is 1. The first kappa shape index (κ1) is 13.3. The standard InChI is InChI=1S/C12H19N3O2/c1-9(14-8-7-12(13)15-16)10-3-5-11(17-2)6-4-10/h3-6,9,14,16H,7-8H2,1-2H3,(H2,13,15)/t9-/m0/s1. The average Bonchev–Trinajstić information content (AvgIpc) is 2.38. The molecule has 0 bridgehead atoms. The highest BCUT2D eigenvalue weighted by atomic mass is 16.5. The van der Waals surface area contributed by atoms with Crippen LogP contribution in [-0.2, 0) is 0 Å². The fourth-order valence-electron chi connectivity index (χ4n) is 1.48. The summed E-state index contributed by atoms with van der Waals surface area (Å²) in [6.07, 6.45) is 0.525. The minimum atomic E-state index is 0.215. The van der Waals surface area contributed by atoms with Gasteiger partial charge >= 0.3 is 0 Å². The normalized spacial score (nSPS) is 13.4. The molecule has 0 aliphatic rings. The summed E-state index contributed by atoms with van der Waals surface area (Å²) in [5, 5.41) is 14.6. The van der Waals surface area contributed by atoms with Crippen molar-refractivity contribution >= 4 is 5.84 Å². The van der Waals surface area contributed by atoms with Crippen molar-refractivity contribution in [3.63, 3.8) is 0 Å². The van der Waals surface area contributed by atoms with Gasteiger partial charge in [0.15, 0.2) is 0 Å². The van der Waals surface area contributed by atoms with Gasteiger partial charge in [-0.25, -0.2) is 0 Å². The molecule has 0 saturated heterocycles. The monoisotopic (exact) mass is 237 g/mol. The minimum Gasteiger partial charge on any atom is -0.497 e. The van der Waals surface area contributed by atoms with Gasteiger partial charge in [-0.1, -0.05) is 17.3 Å². The summed E-state index contributed by atoms with van der Waals surface area (Å²) in [6.45, 7) is 2.73. The van der Waals surface area contributed by atoms with E-state index < -0.39 is 0 Å². The third kappa shape index (κ3) is 4.32. The average molecular weight is 237 g/mol. The summed E-state index contributed by atoms with van der Waals surface area (Å²) >= 11 is 0. The molecule has 1 aromatic carbocycles. The number of ether oxygens (including phenoxy) is 1. The van der Waals surface area contributed by atoms with E-state index in [2.05, 4.69) is 17.4 Å². The SMILES string of the molecule is COc1ccc([C@H](C)NCC/C(N)=N/O)cc1. The fourth-order valence-corrected chi connectivity index (χ4v) is 1.48. The first-order valence-electron chi connectivity index (χ1n) is 5.51. The van der Waals surface area contributed by atoms with Gasteiger partial charge in [-0.3, -0.25) is 0 Å². The summed E-state index contributed by atoms with van der Waals surface area (Å²) in [7, 11) is 1.65. The van der Waals surface area contributed by atoms with E-state index in [0.29, 0.717) is 13.0 Å². The van der Waals surface area contributed by atoms with E-state index in [9.17, 15) is 0 Å². The Morgan fingerprint density at radius 3 is 2.65 bits per heavy atom. The molecular formula is C12H19N3O2. The second kappa shape index (κ2) is 6.75. The number of oxime groups is 1. The second-order valence-electron chi connectivity index (χ2n) is 3.79. The van der Waals surface area contributed by atoms with Crippen LogP contribution in [-0.4, -0.2) is 24.7 Å². The number of nitrogens with one attached hydrogen (secondary N) is 1. The molecular weight excluding hydrogens is 218 g/mol. The lowest BCUT2D eigenvalue weighted by Crippen LogP contribution is -2.24. The number of hydrogen-bond acceptors (Lipinski definition) is 4. The Balaban J connectivity index is 2.43. The van der Waals surface area contributed by atoms with E-state index in [-0.39, 0.29) is 11.9 Å². The summed E-state index contributed by atoms with van der Waals surface area (Å²) < 4.78 is 5.10. The number of nitrogens with zero attached hydrogens (tertiary/aromatic N) is 1. The largest absolute Gasteiger partial charge is 0.497 e. The zero-order valence-electron chi connectivity index (χ0n) is 10.2. The van der Waals surface area contributed by atoms with E-state index in [1.54, 1.807) is 7.11 Å². The predicted octanol–water partition coefficient (Wildman–Crippen LogP) is 1.48. The highest BCUT2D eigenvalue weighted by molar-refractivity contribution is 5.79. The third-order valence-electron chi connectivity index (χ3n) is 2.58. The predicted molar refractivity (Wildman–Crippen MR) is 67.4 cm³/mol. The molecule has 4 N–H and O–H groups in total. The number of amidine groups is 1. The van der Waals surface area contributed by atoms with Gasteiger partial charge in [-0.2, -0.15) is 0 Å². The van der Waals surface area contributed by atoms with Crippen LogP contribution in [0, 0.1) is 0 Å². The molecule has 0 fully saturated rings. The van der Waals surface area contributed by atoms with E-state index >= 15 is 0 Å². The van der Waals surface area contributed by atoms with Crippen molar-refractivity contribution in [2.45, 2.75) is 19.4 Å². The Morgan fingerprint density at radius 2 is 2.12 bits per heavy atom. The maximum Gasteiger partial charge on any atom is 0.140 e. The smallest absolute Gasteiger partial charge is 0.140 e. The second-order valence-corrected chi connectivity index (χ2v) is 3.79. The Bertz CT molecular complexity index is 363. The highest BCUT2D eigenvalue weighted by Gasteiger charge is 2.04. The molecule has 0 radical (unpaired) electrons. The molecule has 5 nitrogen and oxygen atoms in total. The van der Waals surface area contributed by atoms with Crippen LogP contribution >= 0.6 is 0 Å². The van der Waals surface area contributed by atoms with Gasteiger partial charge in [0.05, 0.1) is 7.11 Å². The van der Waals surface area contributed by atoms with Gasteiger partial charge < -0.3 is 21.0 Å². The van der Waals surface area contributed by atoms with Gasteiger partial charge in [-0.05, 0) is 24.6 Å². The van der Waals surface area contributed by atoms with Crippen molar-refractivity contribution in [1.82, 2.24) is 5.32 Å². The Kier molecular flexibility index (Phi) is 5.29. The summed E-state index contributed by atoms with van der Waals surface area (Å²) in [5.74, 6) is 1.08. The van der Waals surface area contributed by atoms with Gasteiger partial charge in [0.1, 0.15) is 11.6 Å². The molecule has 5 heteroatoms. The van der Waals surface area contributed by atoms with Crippen molar-refractivity contribution < 1.29 is 9.94 Å². The van der Waals surface area contributed by atoms with E-state index in [1.165, 1.54) is 5.56 Å². The van der Waals surface area contributed by atoms with Crippen LogP contribution < -0.4 is 15.8 Å². The van der Waals surface area contributed by atoms with Crippen molar-refractivity contribution in [3.05, 3.63) is 29.8 Å². The maximum absolute atomic E-state index is 8.40. The quantitative estimate of drug-likeness (QED) is 0.303.